The van der Waals surface area contributed by atoms with Gasteiger partial charge in [-0.2, -0.15) is 0 Å². The molecule has 0 radical (unpaired) electrons. The first-order valence-electron chi connectivity index (χ1n) is 8.15. The van der Waals surface area contributed by atoms with Gasteiger partial charge in [-0.05, 0) is 19.4 Å². The first-order valence-corrected chi connectivity index (χ1v) is 9.03. The Kier molecular flexibility index (Phi) is 7.38. The summed E-state index contributed by atoms with van der Waals surface area (Å²) in [7, 11) is 1.55. The monoisotopic (exact) mass is 392 g/mol. The molecule has 0 bridgehead atoms. The van der Waals surface area contributed by atoms with Crippen LogP contribution in [-0.2, 0) is 9.53 Å². The number of carbonyl (C=O) groups is 2. The molecule has 1 N–H and O–H groups in total. The molecule has 0 fully saturated rings. The van der Waals surface area contributed by atoms with E-state index in [1.54, 1.807) is 25.6 Å². The number of aromatic nitrogens is 1. The third-order valence-corrected chi connectivity index (χ3v) is 4.42. The average Bonchev–Trinajstić information content (AvgIpc) is 3.13. The smallest absolute Gasteiger partial charge is 0.273 e. The van der Waals surface area contributed by atoms with Gasteiger partial charge in [-0.25, -0.2) is 4.98 Å². The van der Waals surface area contributed by atoms with Crippen LogP contribution in [-0.4, -0.2) is 53.4 Å². The predicted molar refractivity (Wildman–Crippen MR) is 101 cm³/mol. The summed E-state index contributed by atoms with van der Waals surface area (Å²) in [5, 5.41) is 15.9. The Bertz CT molecular complexity index is 810. The lowest BCUT2D eigenvalue weighted by Crippen LogP contribution is -2.39. The standard InChI is InChI=1S/C17H20N4O5S/c1-12-4-5-13(10-14(12)21(24)25)16(23)20(7-3-8-26-2)11-15(22)19-17-18-6-9-27-17/h4-6,9-10H,3,7-8,11H2,1-2H3,(H,18,19,22). The van der Waals surface area contributed by atoms with Gasteiger partial charge in [-0.3, -0.25) is 19.7 Å². The fourth-order valence-electron chi connectivity index (χ4n) is 2.39. The van der Waals surface area contributed by atoms with Crippen molar-refractivity contribution < 1.29 is 19.2 Å². The number of methoxy groups -OCH3 is 1. The maximum absolute atomic E-state index is 12.8. The molecule has 2 amide bonds. The minimum absolute atomic E-state index is 0.134. The Morgan fingerprint density at radius 1 is 1.41 bits per heavy atom. The van der Waals surface area contributed by atoms with Gasteiger partial charge in [-0.1, -0.05) is 6.07 Å². The van der Waals surface area contributed by atoms with Crippen molar-refractivity contribution in [2.75, 3.05) is 32.1 Å². The van der Waals surface area contributed by atoms with Gasteiger partial charge in [0.15, 0.2) is 5.13 Å². The number of carbonyl (C=O) groups excluding carboxylic acids is 2. The molecule has 27 heavy (non-hydrogen) atoms. The van der Waals surface area contributed by atoms with Crippen LogP contribution < -0.4 is 5.32 Å². The van der Waals surface area contributed by atoms with E-state index in [1.165, 1.54) is 34.4 Å². The quantitative estimate of drug-likeness (QED) is 0.398. The first kappa shape index (κ1) is 20.5. The van der Waals surface area contributed by atoms with Crippen LogP contribution in [0.15, 0.2) is 29.8 Å². The first-order chi connectivity index (χ1) is 12.9. The normalized spacial score (nSPS) is 10.4. The van der Waals surface area contributed by atoms with Crippen molar-refractivity contribution in [1.82, 2.24) is 9.88 Å². The molecule has 144 valence electrons. The van der Waals surface area contributed by atoms with Gasteiger partial charge in [0, 0.05) is 49.0 Å². The van der Waals surface area contributed by atoms with Crippen LogP contribution in [0.1, 0.15) is 22.3 Å². The maximum atomic E-state index is 12.8. The maximum Gasteiger partial charge on any atom is 0.273 e. The van der Waals surface area contributed by atoms with Gasteiger partial charge in [-0.15, -0.1) is 11.3 Å². The second kappa shape index (κ2) is 9.74. The summed E-state index contributed by atoms with van der Waals surface area (Å²) in [6.45, 7) is 2.11. The Morgan fingerprint density at radius 3 is 2.81 bits per heavy atom. The molecule has 0 aliphatic heterocycles. The van der Waals surface area contributed by atoms with E-state index >= 15 is 0 Å². The highest BCUT2D eigenvalue weighted by Crippen LogP contribution is 2.20. The van der Waals surface area contributed by atoms with E-state index < -0.39 is 16.7 Å². The van der Waals surface area contributed by atoms with Crippen LogP contribution in [0.3, 0.4) is 0 Å². The summed E-state index contributed by atoms with van der Waals surface area (Å²) in [5.41, 5.74) is 0.487. The van der Waals surface area contributed by atoms with Crippen molar-refractivity contribution in [2.24, 2.45) is 0 Å². The van der Waals surface area contributed by atoms with Gasteiger partial charge in [0.25, 0.3) is 11.6 Å². The number of ether oxygens (including phenoxy) is 1. The molecule has 9 nitrogen and oxygen atoms in total. The second-order valence-corrected chi connectivity index (χ2v) is 6.61. The number of hydrogen-bond donors (Lipinski definition) is 1. The Hall–Kier alpha value is -2.85. The molecule has 0 unspecified atom stereocenters. The number of thiazole rings is 1. The summed E-state index contributed by atoms with van der Waals surface area (Å²) in [4.78, 5) is 41.0. The fraction of sp³-hybridized carbons (Fsp3) is 0.353. The summed E-state index contributed by atoms with van der Waals surface area (Å²) in [5.74, 6) is -0.846. The number of anilines is 1. The molecule has 0 saturated carbocycles. The third-order valence-electron chi connectivity index (χ3n) is 3.73. The summed E-state index contributed by atoms with van der Waals surface area (Å²) >= 11 is 1.27. The van der Waals surface area contributed by atoms with Crippen LogP contribution in [0.5, 0.6) is 0 Å². The zero-order valence-corrected chi connectivity index (χ0v) is 15.8. The van der Waals surface area contributed by atoms with Crippen molar-refractivity contribution in [1.29, 1.82) is 0 Å². The number of nitro benzene ring substituents is 1. The number of hydrogen-bond acceptors (Lipinski definition) is 7. The Balaban J connectivity index is 2.16. The molecule has 2 rings (SSSR count). The number of nitro groups is 1. The van der Waals surface area contributed by atoms with Crippen LogP contribution in [0.2, 0.25) is 0 Å². The number of amides is 2. The minimum Gasteiger partial charge on any atom is -0.385 e. The average molecular weight is 392 g/mol. The molecular weight excluding hydrogens is 372 g/mol. The zero-order chi connectivity index (χ0) is 19.8. The summed E-state index contributed by atoms with van der Waals surface area (Å²) < 4.78 is 5.00. The summed E-state index contributed by atoms with van der Waals surface area (Å²) in [6.07, 6.45) is 2.09. The number of rotatable bonds is 9. The molecular formula is C17H20N4O5S. The number of benzene rings is 1. The molecule has 0 atom stereocenters. The number of nitrogens with one attached hydrogen (secondary N) is 1. The SMILES string of the molecule is COCCCN(CC(=O)Nc1nccs1)C(=O)c1ccc(C)c([N+](=O)[O-])c1. The molecule has 0 aliphatic rings. The molecule has 0 spiro atoms. The van der Waals surface area contributed by atoms with Crippen molar-refractivity contribution in [2.45, 2.75) is 13.3 Å². The van der Waals surface area contributed by atoms with Crippen molar-refractivity contribution in [3.8, 4) is 0 Å². The van der Waals surface area contributed by atoms with E-state index in [9.17, 15) is 19.7 Å². The van der Waals surface area contributed by atoms with Gasteiger partial charge in [0.1, 0.15) is 6.54 Å². The lowest BCUT2D eigenvalue weighted by Gasteiger charge is -2.22. The molecule has 1 heterocycles. The van der Waals surface area contributed by atoms with Gasteiger partial charge >= 0.3 is 0 Å². The van der Waals surface area contributed by atoms with E-state index in [-0.39, 0.29) is 24.3 Å². The van der Waals surface area contributed by atoms with Crippen LogP contribution in [0, 0.1) is 17.0 Å². The van der Waals surface area contributed by atoms with Gasteiger partial charge < -0.3 is 15.0 Å². The second-order valence-electron chi connectivity index (χ2n) is 5.72. The van der Waals surface area contributed by atoms with E-state index in [0.29, 0.717) is 23.7 Å². The van der Waals surface area contributed by atoms with E-state index in [1.807, 2.05) is 0 Å². The van der Waals surface area contributed by atoms with Crippen molar-refractivity contribution in [3.63, 3.8) is 0 Å². The molecule has 1 aromatic carbocycles. The highest BCUT2D eigenvalue weighted by Gasteiger charge is 2.22. The van der Waals surface area contributed by atoms with Crippen molar-refractivity contribution >= 4 is 34.0 Å². The molecule has 10 heteroatoms. The molecule has 0 saturated heterocycles. The van der Waals surface area contributed by atoms with E-state index in [4.69, 9.17) is 4.74 Å². The highest BCUT2D eigenvalue weighted by atomic mass is 32.1. The van der Waals surface area contributed by atoms with E-state index in [2.05, 4.69) is 10.3 Å². The topological polar surface area (TPSA) is 115 Å². The van der Waals surface area contributed by atoms with Crippen LogP contribution in [0.25, 0.3) is 0 Å². The molecule has 0 aliphatic carbocycles. The Morgan fingerprint density at radius 2 is 2.19 bits per heavy atom. The Labute approximate surface area is 160 Å². The van der Waals surface area contributed by atoms with Crippen molar-refractivity contribution in [3.05, 3.63) is 51.0 Å². The van der Waals surface area contributed by atoms with E-state index in [0.717, 1.165) is 0 Å². The molecule has 2 aromatic rings. The largest absolute Gasteiger partial charge is 0.385 e. The fourth-order valence-corrected chi connectivity index (χ4v) is 2.94. The number of aryl methyl sites for hydroxylation is 1. The minimum atomic E-state index is -0.531. The third kappa shape index (κ3) is 5.83. The highest BCUT2D eigenvalue weighted by molar-refractivity contribution is 7.13. The predicted octanol–water partition coefficient (Wildman–Crippen LogP) is 2.48. The molecule has 1 aromatic heterocycles. The van der Waals surface area contributed by atoms with Crippen LogP contribution in [0.4, 0.5) is 10.8 Å². The van der Waals surface area contributed by atoms with Crippen LogP contribution >= 0.6 is 11.3 Å². The lowest BCUT2D eigenvalue weighted by molar-refractivity contribution is -0.385. The summed E-state index contributed by atoms with van der Waals surface area (Å²) in [6, 6.07) is 4.28. The zero-order valence-electron chi connectivity index (χ0n) is 15.0. The number of nitrogens with zero attached hydrogens (tertiary/aromatic N) is 3. The van der Waals surface area contributed by atoms with Gasteiger partial charge in [0.05, 0.1) is 4.92 Å². The lowest BCUT2D eigenvalue weighted by atomic mass is 10.1. The van der Waals surface area contributed by atoms with Gasteiger partial charge in [0.2, 0.25) is 5.91 Å².